The molecule has 3 heterocycles. The van der Waals surface area contributed by atoms with Crippen molar-refractivity contribution in [3.63, 3.8) is 0 Å². The van der Waals surface area contributed by atoms with Crippen LogP contribution in [0.1, 0.15) is 24.8 Å². The van der Waals surface area contributed by atoms with Crippen LogP contribution in [0.3, 0.4) is 0 Å². The van der Waals surface area contributed by atoms with Gasteiger partial charge in [-0.25, -0.2) is 4.98 Å². The highest BCUT2D eigenvalue weighted by atomic mass is 15.1. The summed E-state index contributed by atoms with van der Waals surface area (Å²) >= 11 is 0. The predicted molar refractivity (Wildman–Crippen MR) is 75.5 cm³/mol. The first-order chi connectivity index (χ1) is 9.42. The second-order valence-electron chi connectivity index (χ2n) is 4.93. The third-order valence-electron chi connectivity index (χ3n) is 3.75. The molecule has 4 heteroatoms. The Balaban J connectivity index is 1.89. The van der Waals surface area contributed by atoms with Gasteiger partial charge in [0.2, 0.25) is 0 Å². The maximum atomic E-state index is 4.53. The van der Waals surface area contributed by atoms with Crippen LogP contribution >= 0.6 is 0 Å². The number of fused-ring (bicyclic) bond motifs is 1. The molecule has 1 aliphatic carbocycles. The number of rotatable bonds is 2. The molecule has 4 nitrogen and oxygen atoms in total. The highest BCUT2D eigenvalue weighted by molar-refractivity contribution is 5.94. The van der Waals surface area contributed by atoms with Gasteiger partial charge in [-0.05, 0) is 36.5 Å². The lowest BCUT2D eigenvalue weighted by Crippen LogP contribution is -1.84. The van der Waals surface area contributed by atoms with Gasteiger partial charge in [0.05, 0.1) is 6.20 Å². The number of hydrogen-bond acceptors (Lipinski definition) is 2. The van der Waals surface area contributed by atoms with Crippen molar-refractivity contribution in [2.45, 2.75) is 19.3 Å². The minimum Gasteiger partial charge on any atom is -0.346 e. The van der Waals surface area contributed by atoms with E-state index in [0.717, 1.165) is 22.2 Å². The van der Waals surface area contributed by atoms with Gasteiger partial charge in [0, 0.05) is 35.1 Å². The van der Waals surface area contributed by atoms with Crippen LogP contribution in [0.25, 0.3) is 27.7 Å². The Kier molecular flexibility index (Phi) is 2.27. The molecule has 2 N–H and O–H groups in total. The van der Waals surface area contributed by atoms with Crippen LogP contribution in [-0.2, 0) is 0 Å². The van der Waals surface area contributed by atoms with Crippen LogP contribution in [0, 0.1) is 0 Å². The number of nitrogens with zero attached hydrogens (tertiary/aromatic N) is 2. The first kappa shape index (κ1) is 10.6. The number of H-pyrrole nitrogens is 2. The number of aromatic nitrogens is 4. The van der Waals surface area contributed by atoms with Crippen molar-refractivity contribution in [1.29, 1.82) is 0 Å². The van der Waals surface area contributed by atoms with Gasteiger partial charge in [-0.15, -0.1) is 0 Å². The van der Waals surface area contributed by atoms with Gasteiger partial charge in [0.1, 0.15) is 5.65 Å². The Bertz CT molecular complexity index is 750. The summed E-state index contributed by atoms with van der Waals surface area (Å²) in [6.45, 7) is 0. The quantitative estimate of drug-likeness (QED) is 0.731. The zero-order valence-electron chi connectivity index (χ0n) is 10.5. The summed E-state index contributed by atoms with van der Waals surface area (Å²) in [6, 6.07) is 2.23. The summed E-state index contributed by atoms with van der Waals surface area (Å²) < 4.78 is 0. The topological polar surface area (TPSA) is 57.4 Å². The molecule has 94 valence electrons. The first-order valence-electron chi connectivity index (χ1n) is 6.57. The molecule has 0 spiro atoms. The van der Waals surface area contributed by atoms with E-state index < -0.39 is 0 Å². The Morgan fingerprint density at radius 1 is 1.11 bits per heavy atom. The van der Waals surface area contributed by atoms with E-state index in [2.05, 4.69) is 32.3 Å². The van der Waals surface area contributed by atoms with Gasteiger partial charge in [-0.3, -0.25) is 5.10 Å². The Morgan fingerprint density at radius 3 is 2.89 bits per heavy atom. The molecule has 4 rings (SSSR count). The van der Waals surface area contributed by atoms with E-state index in [1.165, 1.54) is 30.4 Å². The number of pyridine rings is 1. The molecule has 0 atom stereocenters. The van der Waals surface area contributed by atoms with Crippen LogP contribution < -0.4 is 0 Å². The Labute approximate surface area is 110 Å². The van der Waals surface area contributed by atoms with Gasteiger partial charge in [0.25, 0.3) is 0 Å². The third kappa shape index (κ3) is 1.68. The molecule has 0 aliphatic heterocycles. The summed E-state index contributed by atoms with van der Waals surface area (Å²) in [4.78, 5) is 7.75. The normalized spacial score (nSPS) is 15.1. The molecule has 3 aromatic heterocycles. The fourth-order valence-electron chi connectivity index (χ4n) is 2.75. The molecule has 19 heavy (non-hydrogen) atoms. The molecular weight excluding hydrogens is 236 g/mol. The fourth-order valence-corrected chi connectivity index (χ4v) is 2.75. The van der Waals surface area contributed by atoms with Crippen molar-refractivity contribution in [3.8, 4) is 11.1 Å². The molecule has 0 aromatic carbocycles. The average Bonchev–Trinajstić information content (AvgIpc) is 3.18. The average molecular weight is 250 g/mol. The van der Waals surface area contributed by atoms with Gasteiger partial charge in [-0.2, -0.15) is 5.10 Å². The van der Waals surface area contributed by atoms with Crippen molar-refractivity contribution in [1.82, 2.24) is 20.2 Å². The molecule has 0 saturated carbocycles. The lowest BCUT2D eigenvalue weighted by atomic mass is 10.0. The van der Waals surface area contributed by atoms with E-state index in [9.17, 15) is 0 Å². The minimum absolute atomic E-state index is 0.929. The zero-order valence-corrected chi connectivity index (χ0v) is 10.5. The molecule has 0 bridgehead atoms. The fraction of sp³-hybridized carbons (Fsp3) is 0.200. The van der Waals surface area contributed by atoms with E-state index in [1.807, 2.05) is 24.8 Å². The highest BCUT2D eigenvalue weighted by Crippen LogP contribution is 2.32. The third-order valence-corrected chi connectivity index (χ3v) is 3.75. The summed E-state index contributed by atoms with van der Waals surface area (Å²) in [5.74, 6) is 0. The number of hydrogen-bond donors (Lipinski definition) is 2. The monoisotopic (exact) mass is 250 g/mol. The predicted octanol–water partition coefficient (Wildman–Crippen LogP) is 3.52. The number of nitrogens with one attached hydrogen (secondary N) is 2. The van der Waals surface area contributed by atoms with Gasteiger partial charge >= 0.3 is 0 Å². The summed E-state index contributed by atoms with van der Waals surface area (Å²) in [6.07, 6.45) is 13.6. The molecule has 1 aliphatic rings. The maximum Gasteiger partial charge on any atom is 0.137 e. The lowest BCUT2D eigenvalue weighted by molar-refractivity contribution is 0.935. The molecule has 0 unspecified atom stereocenters. The van der Waals surface area contributed by atoms with E-state index >= 15 is 0 Å². The molecule has 3 aromatic rings. The van der Waals surface area contributed by atoms with Crippen molar-refractivity contribution < 1.29 is 0 Å². The summed E-state index contributed by atoms with van der Waals surface area (Å²) in [5, 5.41) is 8.03. The molecule has 0 amide bonds. The van der Waals surface area contributed by atoms with Crippen molar-refractivity contribution in [3.05, 3.63) is 42.5 Å². The number of allylic oxidation sites excluding steroid dienone is 2. The van der Waals surface area contributed by atoms with Crippen LogP contribution in [-0.4, -0.2) is 20.2 Å². The van der Waals surface area contributed by atoms with Gasteiger partial charge in [-0.1, -0.05) is 6.08 Å². The Morgan fingerprint density at radius 2 is 2.11 bits per heavy atom. The lowest BCUT2D eigenvalue weighted by Gasteiger charge is -2.02. The van der Waals surface area contributed by atoms with Crippen molar-refractivity contribution in [2.24, 2.45) is 0 Å². The second kappa shape index (κ2) is 4.09. The SMILES string of the molecule is C1=C(c2cnc3[nH]cc(-c4cn[nH]c4)c3c2)CCC1. The standard InChI is InChI=1S/C15H14N4/c1-2-4-10(3-1)11-5-13-14(12-7-18-19-8-12)9-17-15(13)16-6-11/h3,5-9H,1-2,4H2,(H,16,17)(H,18,19). The smallest absolute Gasteiger partial charge is 0.137 e. The second-order valence-corrected chi connectivity index (χ2v) is 4.93. The van der Waals surface area contributed by atoms with Gasteiger partial charge in [0.15, 0.2) is 0 Å². The Hall–Kier alpha value is -2.36. The molecular formula is C15H14N4. The summed E-state index contributed by atoms with van der Waals surface area (Å²) in [5.41, 5.74) is 5.84. The van der Waals surface area contributed by atoms with E-state index in [0.29, 0.717) is 0 Å². The molecule has 0 fully saturated rings. The number of aromatic amines is 2. The maximum absolute atomic E-state index is 4.53. The summed E-state index contributed by atoms with van der Waals surface area (Å²) in [7, 11) is 0. The highest BCUT2D eigenvalue weighted by Gasteiger charge is 2.12. The zero-order chi connectivity index (χ0) is 12.7. The van der Waals surface area contributed by atoms with Crippen LogP contribution in [0.15, 0.2) is 36.9 Å². The van der Waals surface area contributed by atoms with Gasteiger partial charge < -0.3 is 4.98 Å². The van der Waals surface area contributed by atoms with Crippen LogP contribution in [0.4, 0.5) is 0 Å². The van der Waals surface area contributed by atoms with E-state index in [-0.39, 0.29) is 0 Å². The van der Waals surface area contributed by atoms with Crippen LogP contribution in [0.2, 0.25) is 0 Å². The van der Waals surface area contributed by atoms with Crippen molar-refractivity contribution in [2.75, 3.05) is 0 Å². The van der Waals surface area contributed by atoms with Crippen molar-refractivity contribution >= 4 is 16.6 Å². The van der Waals surface area contributed by atoms with Crippen LogP contribution in [0.5, 0.6) is 0 Å². The first-order valence-corrected chi connectivity index (χ1v) is 6.57. The minimum atomic E-state index is 0.929. The van der Waals surface area contributed by atoms with E-state index in [1.54, 1.807) is 0 Å². The largest absolute Gasteiger partial charge is 0.346 e. The molecule has 0 saturated heterocycles. The van der Waals surface area contributed by atoms with E-state index in [4.69, 9.17) is 0 Å². The molecule has 0 radical (unpaired) electrons.